The van der Waals surface area contributed by atoms with Crippen LogP contribution in [0.15, 0.2) is 64.1 Å². The zero-order valence-electron chi connectivity index (χ0n) is 21.6. The Morgan fingerprint density at radius 3 is 2.76 bits per heavy atom. The summed E-state index contributed by atoms with van der Waals surface area (Å²) in [6.07, 6.45) is 4.29. The van der Waals surface area contributed by atoms with Gasteiger partial charge in [-0.2, -0.15) is 0 Å². The molecule has 2 heterocycles. The van der Waals surface area contributed by atoms with Gasteiger partial charge in [-0.3, -0.25) is 4.79 Å². The summed E-state index contributed by atoms with van der Waals surface area (Å²) in [5, 5.41) is 14.8. The molecule has 1 atom stereocenters. The number of ether oxygens (including phenoxy) is 1. The Morgan fingerprint density at radius 2 is 2.08 bits per heavy atom. The molecule has 0 amide bonds. The van der Waals surface area contributed by atoms with Crippen molar-refractivity contribution >= 4 is 11.5 Å². The predicted molar refractivity (Wildman–Crippen MR) is 140 cm³/mol. The highest BCUT2D eigenvalue weighted by Gasteiger charge is 2.32. The predicted octanol–water partition coefficient (Wildman–Crippen LogP) is 4.36. The largest absolute Gasteiger partial charge is 0.457 e. The zero-order valence-corrected chi connectivity index (χ0v) is 21.6. The van der Waals surface area contributed by atoms with E-state index < -0.39 is 11.6 Å². The van der Waals surface area contributed by atoms with E-state index in [1.807, 2.05) is 38.1 Å². The molecule has 7 heteroatoms. The lowest BCUT2D eigenvalue weighted by Crippen LogP contribution is -2.25. The van der Waals surface area contributed by atoms with Crippen LogP contribution in [0.1, 0.15) is 59.5 Å². The number of allylic oxidation sites excluding steroid dienone is 2. The minimum absolute atomic E-state index is 0.120. The Kier molecular flexibility index (Phi) is 7.33. The van der Waals surface area contributed by atoms with Gasteiger partial charge in [-0.15, -0.1) is 6.58 Å². The van der Waals surface area contributed by atoms with Crippen molar-refractivity contribution in [2.45, 2.75) is 59.3 Å². The highest BCUT2D eigenvalue weighted by molar-refractivity contribution is 6.19. The van der Waals surface area contributed by atoms with Gasteiger partial charge in [0.1, 0.15) is 18.1 Å². The molecule has 0 aliphatic heterocycles. The lowest BCUT2D eigenvalue weighted by molar-refractivity contribution is -0.137. The first-order valence-electron chi connectivity index (χ1n) is 12.1. The van der Waals surface area contributed by atoms with Gasteiger partial charge in [0.15, 0.2) is 5.60 Å². The SMILES string of the molecule is C=CCCn1cc(C#C[C@@](C)(O)c2cc(C)on2)c2c(c1=O)CC(C)=C2C(=O)OCc1ccccc1C. The minimum atomic E-state index is -1.60. The van der Waals surface area contributed by atoms with Crippen molar-refractivity contribution in [3.63, 3.8) is 0 Å². The molecule has 3 aromatic rings. The molecule has 190 valence electrons. The number of nitrogens with zero attached hydrogens (tertiary/aromatic N) is 2. The van der Waals surface area contributed by atoms with Gasteiger partial charge in [-0.1, -0.05) is 52.9 Å². The highest BCUT2D eigenvalue weighted by atomic mass is 16.5. The molecule has 1 aromatic carbocycles. The molecule has 0 saturated carbocycles. The van der Waals surface area contributed by atoms with Gasteiger partial charge in [0.2, 0.25) is 0 Å². The van der Waals surface area contributed by atoms with Crippen LogP contribution in [0.5, 0.6) is 0 Å². The van der Waals surface area contributed by atoms with E-state index in [2.05, 4.69) is 23.6 Å². The lowest BCUT2D eigenvalue weighted by Gasteiger charge is -2.14. The van der Waals surface area contributed by atoms with Gasteiger partial charge in [-0.25, -0.2) is 4.79 Å². The number of benzene rings is 1. The summed E-state index contributed by atoms with van der Waals surface area (Å²) in [6, 6.07) is 9.31. The summed E-state index contributed by atoms with van der Waals surface area (Å²) in [4.78, 5) is 26.6. The summed E-state index contributed by atoms with van der Waals surface area (Å²) in [6.45, 7) is 11.3. The third-order valence-corrected chi connectivity index (χ3v) is 6.46. The third kappa shape index (κ3) is 5.35. The number of hydrogen-bond donors (Lipinski definition) is 1. The van der Waals surface area contributed by atoms with E-state index >= 15 is 0 Å². The summed E-state index contributed by atoms with van der Waals surface area (Å²) < 4.78 is 12.4. The monoisotopic (exact) mass is 498 g/mol. The lowest BCUT2D eigenvalue weighted by atomic mass is 9.98. The summed E-state index contributed by atoms with van der Waals surface area (Å²) in [7, 11) is 0. The van der Waals surface area contributed by atoms with Crippen LogP contribution in [0.3, 0.4) is 0 Å². The maximum atomic E-state index is 13.3. The number of aliphatic hydroxyl groups is 1. The summed E-state index contributed by atoms with van der Waals surface area (Å²) >= 11 is 0. The van der Waals surface area contributed by atoms with E-state index in [1.54, 1.807) is 29.8 Å². The van der Waals surface area contributed by atoms with Gasteiger partial charge in [0.05, 0.1) is 5.57 Å². The molecule has 1 aliphatic rings. The molecule has 0 bridgehead atoms. The average Bonchev–Trinajstić information content (AvgIpc) is 3.46. The molecular formula is C30H30N2O5. The van der Waals surface area contributed by atoms with Crippen LogP contribution in [-0.4, -0.2) is 20.8 Å². The number of pyridine rings is 1. The number of esters is 1. The number of carbonyl (C=O) groups excluding carboxylic acids is 1. The summed E-state index contributed by atoms with van der Waals surface area (Å²) in [5.74, 6) is 5.91. The maximum Gasteiger partial charge on any atom is 0.339 e. The Morgan fingerprint density at radius 1 is 1.32 bits per heavy atom. The molecule has 2 aromatic heterocycles. The third-order valence-electron chi connectivity index (χ3n) is 6.46. The smallest absolute Gasteiger partial charge is 0.339 e. The van der Waals surface area contributed by atoms with Gasteiger partial charge < -0.3 is 18.9 Å². The standard InChI is InChI=1S/C30H30N2O5/c1-6-7-14-32-17-22(12-13-30(5,35)25-16-21(4)37-31-25)27-24(28(32)33)15-20(3)26(27)29(34)36-18-23-11-9-8-10-19(23)2/h6,8-11,16-17,35H,1,7,14-15,18H2,2-5H3/t30-/m1/s1. The first-order valence-corrected chi connectivity index (χ1v) is 12.1. The number of aromatic nitrogens is 2. The van der Waals surface area contributed by atoms with Crippen molar-refractivity contribution < 1.29 is 19.2 Å². The molecule has 0 spiro atoms. The van der Waals surface area contributed by atoms with Crippen LogP contribution < -0.4 is 5.56 Å². The van der Waals surface area contributed by atoms with Crippen molar-refractivity contribution in [1.82, 2.24) is 9.72 Å². The molecule has 0 radical (unpaired) electrons. The Balaban J connectivity index is 1.76. The number of hydrogen-bond acceptors (Lipinski definition) is 6. The molecule has 0 unspecified atom stereocenters. The van der Waals surface area contributed by atoms with E-state index in [9.17, 15) is 14.7 Å². The van der Waals surface area contributed by atoms with Gasteiger partial charge in [0.25, 0.3) is 5.56 Å². The fourth-order valence-electron chi connectivity index (χ4n) is 4.34. The normalized spacial score (nSPS) is 14.0. The Hall–Kier alpha value is -4.15. The fourth-order valence-corrected chi connectivity index (χ4v) is 4.34. The van der Waals surface area contributed by atoms with E-state index in [0.29, 0.717) is 47.4 Å². The molecule has 4 rings (SSSR count). The molecule has 1 N–H and O–H groups in total. The van der Waals surface area contributed by atoms with Crippen molar-refractivity contribution in [2.24, 2.45) is 0 Å². The summed E-state index contributed by atoms with van der Waals surface area (Å²) in [5.41, 5.74) is 2.93. The number of rotatable bonds is 7. The van der Waals surface area contributed by atoms with E-state index in [1.165, 1.54) is 6.92 Å². The van der Waals surface area contributed by atoms with E-state index in [-0.39, 0.29) is 17.9 Å². The first kappa shape index (κ1) is 25.9. The van der Waals surface area contributed by atoms with Crippen molar-refractivity contribution in [3.05, 3.63) is 104 Å². The van der Waals surface area contributed by atoms with Crippen LogP contribution in [-0.2, 0) is 34.7 Å². The van der Waals surface area contributed by atoms with Crippen LogP contribution in [0.2, 0.25) is 0 Å². The minimum Gasteiger partial charge on any atom is -0.457 e. The van der Waals surface area contributed by atoms with E-state index in [0.717, 1.165) is 16.7 Å². The molecule has 1 aliphatic carbocycles. The first-order chi connectivity index (χ1) is 17.6. The second-order valence-electron chi connectivity index (χ2n) is 9.45. The number of carbonyl (C=O) groups is 1. The van der Waals surface area contributed by atoms with Gasteiger partial charge in [0, 0.05) is 41.9 Å². The van der Waals surface area contributed by atoms with Crippen LogP contribution in [0.25, 0.3) is 5.57 Å². The quantitative estimate of drug-likeness (QED) is 0.296. The molecule has 0 fully saturated rings. The number of fused-ring (bicyclic) bond motifs is 1. The molecule has 37 heavy (non-hydrogen) atoms. The highest BCUT2D eigenvalue weighted by Crippen LogP contribution is 2.34. The Labute approximate surface area is 216 Å². The number of aryl methyl sites for hydroxylation is 3. The van der Waals surface area contributed by atoms with Crippen molar-refractivity contribution in [2.75, 3.05) is 0 Å². The van der Waals surface area contributed by atoms with Crippen LogP contribution >= 0.6 is 0 Å². The van der Waals surface area contributed by atoms with Gasteiger partial charge >= 0.3 is 5.97 Å². The molecule has 0 saturated heterocycles. The van der Waals surface area contributed by atoms with E-state index in [4.69, 9.17) is 9.26 Å². The van der Waals surface area contributed by atoms with Gasteiger partial charge in [-0.05, 0) is 45.2 Å². The molecule has 7 nitrogen and oxygen atoms in total. The second kappa shape index (κ2) is 10.5. The Bertz CT molecular complexity index is 1530. The van der Waals surface area contributed by atoms with Crippen LogP contribution in [0, 0.1) is 25.7 Å². The van der Waals surface area contributed by atoms with Crippen molar-refractivity contribution in [3.8, 4) is 11.8 Å². The molecular weight excluding hydrogens is 468 g/mol. The topological polar surface area (TPSA) is 94.6 Å². The van der Waals surface area contributed by atoms with Crippen LogP contribution in [0.4, 0.5) is 0 Å². The second-order valence-corrected chi connectivity index (χ2v) is 9.45. The average molecular weight is 499 g/mol. The van der Waals surface area contributed by atoms with Crippen molar-refractivity contribution in [1.29, 1.82) is 0 Å². The zero-order chi connectivity index (χ0) is 26.7. The maximum absolute atomic E-state index is 13.3. The fraction of sp³-hybridized carbons (Fsp3) is 0.300.